The van der Waals surface area contributed by atoms with E-state index in [1.807, 2.05) is 13.0 Å². The second-order valence-corrected chi connectivity index (χ2v) is 13.9. The zero-order valence-corrected chi connectivity index (χ0v) is 27.3. The fraction of sp³-hybridized carbons (Fsp3) is 0.919. The fourth-order valence-corrected chi connectivity index (χ4v) is 7.09. The molecule has 0 N–H and O–H groups in total. The first-order valence-electron chi connectivity index (χ1n) is 18.5. The third-order valence-corrected chi connectivity index (χ3v) is 10.1. The molecule has 0 aromatic heterocycles. The van der Waals surface area contributed by atoms with Crippen molar-refractivity contribution in [2.75, 3.05) is 0 Å². The van der Waals surface area contributed by atoms with Gasteiger partial charge >= 0.3 is 5.97 Å². The molecule has 0 spiro atoms. The van der Waals surface area contributed by atoms with Crippen LogP contribution in [0.2, 0.25) is 0 Å². The molecule has 3 fully saturated rings. The highest BCUT2D eigenvalue weighted by molar-refractivity contribution is 5.90. The monoisotopic (exact) mass is 588 g/mol. The third-order valence-electron chi connectivity index (χ3n) is 10.1. The van der Waals surface area contributed by atoms with Crippen molar-refractivity contribution in [2.24, 2.45) is 0 Å². The van der Waals surface area contributed by atoms with Gasteiger partial charge in [-0.3, -0.25) is 0 Å². The van der Waals surface area contributed by atoms with Crippen molar-refractivity contribution >= 4 is 5.97 Å². The first kappa shape index (κ1) is 34.0. The zero-order valence-electron chi connectivity index (χ0n) is 27.3. The van der Waals surface area contributed by atoms with Crippen LogP contribution in [0.3, 0.4) is 0 Å². The van der Waals surface area contributed by atoms with Gasteiger partial charge in [0.15, 0.2) is 0 Å². The van der Waals surface area contributed by atoms with Crippen LogP contribution in [0, 0.1) is 0 Å². The van der Waals surface area contributed by atoms with Gasteiger partial charge in [0.2, 0.25) is 0 Å². The number of hydrogen-bond donors (Lipinski definition) is 0. The molecule has 3 saturated heterocycles. The van der Waals surface area contributed by atoms with Crippen LogP contribution in [0.15, 0.2) is 11.6 Å². The maximum absolute atomic E-state index is 11.6. The highest BCUT2D eigenvalue weighted by Crippen LogP contribution is 2.39. The minimum atomic E-state index is -0.0973. The van der Waals surface area contributed by atoms with E-state index in [-0.39, 0.29) is 12.1 Å². The maximum atomic E-state index is 11.6. The number of carbonyl (C=O) groups is 1. The molecule has 0 aromatic carbocycles. The van der Waals surface area contributed by atoms with Crippen molar-refractivity contribution in [2.45, 2.75) is 217 Å². The number of epoxide rings is 3. The average Bonchev–Trinajstić information content (AvgIpc) is 3.90. The molecule has 0 radical (unpaired) electrons. The van der Waals surface area contributed by atoms with E-state index in [1.54, 1.807) is 0 Å². The van der Waals surface area contributed by atoms with Crippen LogP contribution in [-0.4, -0.2) is 48.7 Å². The summed E-state index contributed by atoms with van der Waals surface area (Å²) in [7, 11) is 0. The van der Waals surface area contributed by atoms with Crippen LogP contribution in [0.4, 0.5) is 0 Å². The third kappa shape index (κ3) is 13.8. The van der Waals surface area contributed by atoms with Crippen LogP contribution >= 0.6 is 0 Å². The van der Waals surface area contributed by atoms with Gasteiger partial charge in [-0.15, -0.1) is 0 Å². The van der Waals surface area contributed by atoms with E-state index in [4.69, 9.17) is 18.9 Å². The Morgan fingerprint density at radius 2 is 0.857 bits per heavy atom. The van der Waals surface area contributed by atoms with Crippen molar-refractivity contribution in [3.8, 4) is 0 Å². The second kappa shape index (κ2) is 19.5. The average molecular weight is 589 g/mol. The van der Waals surface area contributed by atoms with Crippen molar-refractivity contribution in [1.29, 1.82) is 0 Å². The van der Waals surface area contributed by atoms with E-state index in [1.165, 1.54) is 148 Å². The number of esters is 1. The molecule has 4 aliphatic heterocycles. The molecular weight excluding hydrogens is 524 g/mol. The van der Waals surface area contributed by atoms with Crippen LogP contribution in [0.5, 0.6) is 0 Å². The molecular formula is C37H64O5. The molecule has 7 atom stereocenters. The predicted molar refractivity (Wildman–Crippen MR) is 171 cm³/mol. The summed E-state index contributed by atoms with van der Waals surface area (Å²) < 4.78 is 23.0. The Hall–Kier alpha value is -0.910. The van der Waals surface area contributed by atoms with E-state index in [0.29, 0.717) is 36.6 Å². The molecule has 0 amide bonds. The normalized spacial score (nSPS) is 29.5. The van der Waals surface area contributed by atoms with Gasteiger partial charge in [0.1, 0.15) is 6.10 Å². The van der Waals surface area contributed by atoms with Gasteiger partial charge < -0.3 is 18.9 Å². The highest BCUT2D eigenvalue weighted by atomic mass is 16.6. The quantitative estimate of drug-likeness (QED) is 0.0517. The van der Waals surface area contributed by atoms with Gasteiger partial charge in [0, 0.05) is 5.57 Å². The number of cyclic esters (lactones) is 1. The van der Waals surface area contributed by atoms with Gasteiger partial charge in [-0.05, 0) is 64.4 Å². The van der Waals surface area contributed by atoms with Crippen molar-refractivity contribution in [3.05, 3.63) is 11.6 Å². The SMILES string of the molecule is CCCCCCCCCCC1OC1CCC1OC1CCC1OC1CCCCCCCCCCCCC1=CC(C)OC1=O. The van der Waals surface area contributed by atoms with Crippen molar-refractivity contribution in [3.63, 3.8) is 0 Å². The standard InChI is InChI=1S/C37H64O5/c1-3-4-5-6-7-13-16-19-22-31-33(40-31)24-26-35-36(42-35)27-25-34-32(41-34)23-20-17-14-11-9-8-10-12-15-18-21-30-28-29(2)39-37(30)38/h28-29,31-36H,3-27H2,1-2H3. The molecule has 4 rings (SSSR count). The Morgan fingerprint density at radius 1 is 0.500 bits per heavy atom. The van der Waals surface area contributed by atoms with E-state index in [0.717, 1.165) is 18.4 Å². The minimum absolute atomic E-state index is 0.0262. The van der Waals surface area contributed by atoms with E-state index < -0.39 is 0 Å². The molecule has 0 bridgehead atoms. The first-order chi connectivity index (χ1) is 20.6. The Balaban J connectivity index is 0.840. The molecule has 5 nitrogen and oxygen atoms in total. The summed E-state index contributed by atoms with van der Waals surface area (Å²) in [5, 5.41) is 0. The smallest absolute Gasteiger partial charge is 0.334 e. The summed E-state index contributed by atoms with van der Waals surface area (Å²) in [6, 6.07) is 0. The predicted octanol–water partition coefficient (Wildman–Crippen LogP) is 9.93. The summed E-state index contributed by atoms with van der Waals surface area (Å²) in [5.41, 5.74) is 0.892. The topological polar surface area (TPSA) is 63.9 Å². The van der Waals surface area contributed by atoms with E-state index in [2.05, 4.69) is 6.92 Å². The summed E-state index contributed by atoms with van der Waals surface area (Å²) in [4.78, 5) is 11.6. The molecule has 4 heterocycles. The molecule has 0 aliphatic carbocycles. The Bertz CT molecular complexity index is 780. The first-order valence-corrected chi connectivity index (χ1v) is 18.5. The Kier molecular flexibility index (Phi) is 15.7. The van der Waals surface area contributed by atoms with E-state index >= 15 is 0 Å². The maximum Gasteiger partial charge on any atom is 0.334 e. The van der Waals surface area contributed by atoms with Crippen LogP contribution in [0.25, 0.3) is 0 Å². The summed E-state index contributed by atoms with van der Waals surface area (Å²) >= 11 is 0. The molecule has 0 aromatic rings. The van der Waals surface area contributed by atoms with Gasteiger partial charge in [0.05, 0.1) is 36.6 Å². The summed E-state index contributed by atoms with van der Waals surface area (Å²) in [6.07, 6.45) is 37.5. The number of ether oxygens (including phenoxy) is 4. The van der Waals surface area contributed by atoms with Crippen molar-refractivity contribution in [1.82, 2.24) is 0 Å². The second-order valence-electron chi connectivity index (χ2n) is 13.9. The van der Waals surface area contributed by atoms with Crippen LogP contribution in [-0.2, 0) is 23.7 Å². The molecule has 4 aliphatic rings. The summed E-state index contributed by atoms with van der Waals surface area (Å²) in [6.45, 7) is 4.22. The lowest BCUT2D eigenvalue weighted by atomic mass is 10.0. The Morgan fingerprint density at radius 3 is 1.24 bits per heavy atom. The van der Waals surface area contributed by atoms with Crippen LogP contribution in [0.1, 0.15) is 174 Å². The number of carbonyl (C=O) groups excluding carboxylic acids is 1. The van der Waals surface area contributed by atoms with Crippen molar-refractivity contribution < 1.29 is 23.7 Å². The van der Waals surface area contributed by atoms with Gasteiger partial charge in [-0.25, -0.2) is 4.79 Å². The largest absolute Gasteiger partial charge is 0.455 e. The molecule has 7 unspecified atom stereocenters. The molecule has 242 valence electrons. The highest BCUT2D eigenvalue weighted by Gasteiger charge is 2.45. The van der Waals surface area contributed by atoms with Crippen LogP contribution < -0.4 is 0 Å². The number of rotatable bonds is 28. The molecule has 0 saturated carbocycles. The summed E-state index contributed by atoms with van der Waals surface area (Å²) in [5.74, 6) is -0.0973. The lowest BCUT2D eigenvalue weighted by molar-refractivity contribution is -0.139. The zero-order chi connectivity index (χ0) is 29.4. The van der Waals surface area contributed by atoms with Gasteiger partial charge in [0.25, 0.3) is 0 Å². The molecule has 42 heavy (non-hydrogen) atoms. The van der Waals surface area contributed by atoms with E-state index in [9.17, 15) is 4.79 Å². The Labute approximate surface area is 258 Å². The number of hydrogen-bond acceptors (Lipinski definition) is 5. The molecule has 5 heteroatoms. The lowest BCUT2D eigenvalue weighted by Gasteiger charge is -2.03. The minimum Gasteiger partial charge on any atom is -0.455 e. The van der Waals surface area contributed by atoms with Gasteiger partial charge in [-0.2, -0.15) is 0 Å². The van der Waals surface area contributed by atoms with Gasteiger partial charge in [-0.1, -0.05) is 116 Å². The lowest BCUT2D eigenvalue weighted by Crippen LogP contribution is -2.03. The fourth-order valence-electron chi connectivity index (χ4n) is 7.09. The number of unbranched alkanes of at least 4 members (excludes halogenated alkanes) is 16.